The lowest BCUT2D eigenvalue weighted by Gasteiger charge is -2.14. The number of benzene rings is 1. The van der Waals surface area contributed by atoms with Crippen LogP contribution in [0, 0.1) is 0 Å². The van der Waals surface area contributed by atoms with Gasteiger partial charge in [-0.15, -0.1) is 0 Å². The summed E-state index contributed by atoms with van der Waals surface area (Å²) in [6, 6.07) is 7.46. The first-order valence-corrected chi connectivity index (χ1v) is 9.97. The molecule has 0 atom stereocenters. The van der Waals surface area contributed by atoms with Crippen molar-refractivity contribution < 1.29 is 24.0 Å². The van der Waals surface area contributed by atoms with Crippen molar-refractivity contribution in [3.8, 4) is 5.75 Å². The van der Waals surface area contributed by atoms with Crippen LogP contribution in [0.1, 0.15) is 18.4 Å². The Morgan fingerprint density at radius 1 is 1.30 bits per heavy atom. The van der Waals surface area contributed by atoms with E-state index in [1.165, 1.54) is 16.7 Å². The first-order chi connectivity index (χ1) is 12.9. The number of ether oxygens (including phenoxy) is 2. The van der Waals surface area contributed by atoms with E-state index < -0.39 is 0 Å². The molecule has 0 spiro atoms. The lowest BCUT2D eigenvalue weighted by molar-refractivity contribution is -0.858. The fourth-order valence-electron chi connectivity index (χ4n) is 2.37. The molecule has 27 heavy (non-hydrogen) atoms. The predicted molar refractivity (Wildman–Crippen MR) is 111 cm³/mol. The van der Waals surface area contributed by atoms with Crippen LogP contribution in [0.15, 0.2) is 29.2 Å². The van der Waals surface area contributed by atoms with Crippen LogP contribution in [0.2, 0.25) is 0 Å². The molecule has 0 bridgehead atoms. The largest absolute Gasteiger partial charge is 0.497 e. The molecule has 0 radical (unpaired) electrons. The highest BCUT2D eigenvalue weighted by Crippen LogP contribution is 2.32. The van der Waals surface area contributed by atoms with Crippen molar-refractivity contribution >= 4 is 46.3 Å². The molecule has 1 aliphatic heterocycles. The van der Waals surface area contributed by atoms with E-state index in [0.29, 0.717) is 28.8 Å². The zero-order valence-electron chi connectivity index (χ0n) is 15.8. The molecule has 2 rings (SSSR count). The molecule has 1 fully saturated rings. The zero-order chi connectivity index (χ0) is 19.8. The van der Waals surface area contributed by atoms with Crippen LogP contribution in [0.3, 0.4) is 0 Å². The molecule has 0 aromatic heterocycles. The predicted octanol–water partition coefficient (Wildman–Crippen LogP) is 1.36. The number of nitrogens with one attached hydrogen (secondary N) is 1. The lowest BCUT2D eigenvalue weighted by Crippen LogP contribution is -3.06. The third-order valence-corrected chi connectivity index (χ3v) is 5.29. The van der Waals surface area contributed by atoms with Gasteiger partial charge in [-0.3, -0.25) is 14.5 Å². The zero-order valence-corrected chi connectivity index (χ0v) is 17.5. The standard InChI is InChI=1S/C19H24N2O4S2/c1-20(2)11-12-25-17(22)5-4-10-21-18(23)16(27-19(21)26)13-14-6-8-15(24-3)9-7-14/h6-9,13H,4-5,10-12H2,1-3H3/p+1. The maximum absolute atomic E-state index is 12.6. The minimum atomic E-state index is -0.240. The van der Waals surface area contributed by atoms with Gasteiger partial charge in [-0.1, -0.05) is 36.1 Å². The van der Waals surface area contributed by atoms with Crippen LogP contribution < -0.4 is 9.64 Å². The van der Waals surface area contributed by atoms with Crippen molar-refractivity contribution in [3.05, 3.63) is 34.7 Å². The van der Waals surface area contributed by atoms with Crippen LogP contribution in [0.4, 0.5) is 0 Å². The highest BCUT2D eigenvalue weighted by Gasteiger charge is 2.31. The van der Waals surface area contributed by atoms with Gasteiger partial charge in [-0.2, -0.15) is 0 Å². The maximum Gasteiger partial charge on any atom is 0.306 e. The fourth-order valence-corrected chi connectivity index (χ4v) is 3.68. The van der Waals surface area contributed by atoms with Crippen molar-refractivity contribution in [2.24, 2.45) is 0 Å². The van der Waals surface area contributed by atoms with E-state index in [1.54, 1.807) is 12.0 Å². The molecule has 1 aliphatic rings. The topological polar surface area (TPSA) is 60.3 Å². The molecule has 1 aromatic carbocycles. The summed E-state index contributed by atoms with van der Waals surface area (Å²) in [5.74, 6) is 0.402. The average molecular weight is 410 g/mol. The van der Waals surface area contributed by atoms with Gasteiger partial charge in [0.2, 0.25) is 0 Å². The van der Waals surface area contributed by atoms with Crippen molar-refractivity contribution in [1.82, 2.24) is 4.90 Å². The van der Waals surface area contributed by atoms with Gasteiger partial charge in [0.1, 0.15) is 23.2 Å². The van der Waals surface area contributed by atoms with Crippen LogP contribution in [0.5, 0.6) is 5.75 Å². The number of esters is 1. The molecule has 146 valence electrons. The van der Waals surface area contributed by atoms with Crippen LogP contribution in [-0.4, -0.2) is 62.0 Å². The highest BCUT2D eigenvalue weighted by molar-refractivity contribution is 8.26. The second-order valence-corrected chi connectivity index (χ2v) is 8.06. The van der Waals surface area contributed by atoms with E-state index in [4.69, 9.17) is 21.7 Å². The molecule has 8 heteroatoms. The minimum Gasteiger partial charge on any atom is -0.497 e. The summed E-state index contributed by atoms with van der Waals surface area (Å²) >= 11 is 6.60. The Bertz CT molecular complexity index is 717. The van der Waals surface area contributed by atoms with Gasteiger partial charge in [-0.05, 0) is 30.2 Å². The summed E-state index contributed by atoms with van der Waals surface area (Å²) in [6.45, 7) is 1.60. The molecule has 0 aliphatic carbocycles. The summed E-state index contributed by atoms with van der Waals surface area (Å²) in [6.07, 6.45) is 2.61. The number of likely N-dealkylation sites (N-methyl/N-ethyl adjacent to an activating group) is 1. The van der Waals surface area contributed by atoms with E-state index >= 15 is 0 Å². The Morgan fingerprint density at radius 3 is 2.63 bits per heavy atom. The molecule has 0 saturated carbocycles. The number of nitrogens with zero attached hydrogens (tertiary/aromatic N) is 1. The molecular formula is C19H25N2O4S2+. The second kappa shape index (κ2) is 10.4. The summed E-state index contributed by atoms with van der Waals surface area (Å²) in [5, 5.41) is 0. The average Bonchev–Trinajstić information content (AvgIpc) is 2.89. The Kier molecular flexibility index (Phi) is 8.27. The van der Waals surface area contributed by atoms with E-state index in [2.05, 4.69) is 0 Å². The fraction of sp³-hybridized carbons (Fsp3) is 0.421. The number of amides is 1. The smallest absolute Gasteiger partial charge is 0.306 e. The van der Waals surface area contributed by atoms with E-state index in [0.717, 1.165) is 17.9 Å². The molecule has 1 saturated heterocycles. The summed E-state index contributed by atoms with van der Waals surface area (Å²) in [4.78, 5) is 27.7. The number of thiocarbonyl (C=S) groups is 1. The van der Waals surface area contributed by atoms with E-state index in [9.17, 15) is 9.59 Å². The number of methoxy groups -OCH3 is 1. The van der Waals surface area contributed by atoms with Gasteiger partial charge in [0, 0.05) is 13.0 Å². The van der Waals surface area contributed by atoms with Crippen LogP contribution >= 0.6 is 24.0 Å². The van der Waals surface area contributed by atoms with Crippen LogP contribution in [0.25, 0.3) is 6.08 Å². The SMILES string of the molecule is COc1ccc(C=C2SC(=S)N(CCCC(=O)OCC[NH+](C)C)C2=O)cc1. The Hall–Kier alpha value is -1.90. The summed E-state index contributed by atoms with van der Waals surface area (Å²) in [5.41, 5.74) is 0.905. The lowest BCUT2D eigenvalue weighted by atomic mass is 10.2. The Morgan fingerprint density at radius 2 is 2.00 bits per heavy atom. The molecule has 6 nitrogen and oxygen atoms in total. The van der Waals surface area contributed by atoms with Gasteiger partial charge < -0.3 is 14.4 Å². The maximum atomic E-state index is 12.6. The van der Waals surface area contributed by atoms with Gasteiger partial charge in [-0.25, -0.2) is 0 Å². The van der Waals surface area contributed by atoms with Gasteiger partial charge in [0.05, 0.1) is 26.1 Å². The van der Waals surface area contributed by atoms with Crippen molar-refractivity contribution in [1.29, 1.82) is 0 Å². The molecule has 1 aromatic rings. The monoisotopic (exact) mass is 409 g/mol. The first kappa shape index (κ1) is 21.4. The molecule has 0 unspecified atom stereocenters. The van der Waals surface area contributed by atoms with Crippen molar-refractivity contribution in [2.75, 3.05) is 40.9 Å². The number of carbonyl (C=O) groups excluding carboxylic acids is 2. The number of carbonyl (C=O) groups is 2. The number of rotatable bonds is 9. The molecular weight excluding hydrogens is 384 g/mol. The van der Waals surface area contributed by atoms with Gasteiger partial charge in [0.25, 0.3) is 5.91 Å². The van der Waals surface area contributed by atoms with Gasteiger partial charge >= 0.3 is 5.97 Å². The van der Waals surface area contributed by atoms with Gasteiger partial charge in [0.15, 0.2) is 0 Å². The number of thioether (sulfide) groups is 1. The first-order valence-electron chi connectivity index (χ1n) is 8.75. The summed E-state index contributed by atoms with van der Waals surface area (Å²) < 4.78 is 10.8. The van der Waals surface area contributed by atoms with Crippen LogP contribution in [-0.2, 0) is 14.3 Å². The van der Waals surface area contributed by atoms with Crippen molar-refractivity contribution in [2.45, 2.75) is 12.8 Å². The third kappa shape index (κ3) is 6.64. The van der Waals surface area contributed by atoms with E-state index in [1.807, 2.05) is 44.4 Å². The molecule has 1 heterocycles. The Balaban J connectivity index is 1.84. The third-order valence-electron chi connectivity index (χ3n) is 3.91. The summed E-state index contributed by atoms with van der Waals surface area (Å²) in [7, 11) is 5.62. The Labute approximate surface area is 169 Å². The molecule has 1 amide bonds. The quantitative estimate of drug-likeness (QED) is 0.378. The van der Waals surface area contributed by atoms with E-state index in [-0.39, 0.29) is 18.3 Å². The number of hydrogen-bond donors (Lipinski definition) is 1. The van der Waals surface area contributed by atoms with Crippen molar-refractivity contribution in [3.63, 3.8) is 0 Å². The second-order valence-electron chi connectivity index (χ2n) is 6.39. The number of quaternary nitrogens is 1. The normalized spacial score (nSPS) is 15.7. The number of hydrogen-bond acceptors (Lipinski definition) is 6. The minimum absolute atomic E-state index is 0.120. The highest BCUT2D eigenvalue weighted by atomic mass is 32.2. The molecule has 1 N–H and O–H groups in total.